The van der Waals surface area contributed by atoms with Gasteiger partial charge in [-0.25, -0.2) is 4.99 Å². The zero-order valence-electron chi connectivity index (χ0n) is 14.3. The highest BCUT2D eigenvalue weighted by Crippen LogP contribution is 2.31. The van der Waals surface area contributed by atoms with Gasteiger partial charge in [0, 0.05) is 11.9 Å². The minimum absolute atomic E-state index is 0.0375. The molecule has 0 saturated carbocycles. The Morgan fingerprint density at radius 3 is 2.70 bits per heavy atom. The topological polar surface area (TPSA) is 69.2 Å². The Hall–Kier alpha value is -3.07. The van der Waals surface area contributed by atoms with E-state index >= 15 is 0 Å². The lowest BCUT2D eigenvalue weighted by Gasteiger charge is -2.11. The molecule has 0 bridgehead atoms. The van der Waals surface area contributed by atoms with Crippen LogP contribution in [0, 0.1) is 0 Å². The Balaban J connectivity index is 1.91. The summed E-state index contributed by atoms with van der Waals surface area (Å²) in [6.07, 6.45) is -3.08. The molecule has 1 N–H and O–H groups in total. The molecule has 2 rings (SSSR count). The molecule has 0 spiro atoms. The SMILES string of the molecule is CC=NOOCC(=O)Nc1cccc(COc2cccc(C(F)(F)F)c2)c1. The first-order valence-corrected chi connectivity index (χ1v) is 7.84. The third-order valence-electron chi connectivity index (χ3n) is 3.17. The number of ether oxygens (including phenoxy) is 1. The molecule has 9 heteroatoms. The van der Waals surface area contributed by atoms with Gasteiger partial charge in [-0.2, -0.15) is 18.1 Å². The van der Waals surface area contributed by atoms with Gasteiger partial charge in [0.1, 0.15) is 12.4 Å². The minimum Gasteiger partial charge on any atom is -0.489 e. The lowest BCUT2D eigenvalue weighted by atomic mass is 10.2. The second kappa shape index (κ2) is 9.58. The van der Waals surface area contributed by atoms with Gasteiger partial charge in [0.05, 0.1) is 5.56 Å². The summed E-state index contributed by atoms with van der Waals surface area (Å²) in [6.45, 7) is 1.30. The summed E-state index contributed by atoms with van der Waals surface area (Å²) in [5.74, 6) is -0.362. The van der Waals surface area contributed by atoms with Crippen molar-refractivity contribution in [3.05, 3.63) is 59.7 Å². The van der Waals surface area contributed by atoms with Gasteiger partial charge in [-0.3, -0.25) is 4.79 Å². The number of carbonyl (C=O) groups is 1. The molecule has 0 fully saturated rings. The zero-order valence-corrected chi connectivity index (χ0v) is 14.3. The van der Waals surface area contributed by atoms with Crippen molar-refractivity contribution in [1.29, 1.82) is 0 Å². The van der Waals surface area contributed by atoms with Crippen molar-refractivity contribution in [3.8, 4) is 5.75 Å². The van der Waals surface area contributed by atoms with Crippen molar-refractivity contribution in [2.24, 2.45) is 5.16 Å². The van der Waals surface area contributed by atoms with Crippen molar-refractivity contribution in [2.75, 3.05) is 11.9 Å². The van der Waals surface area contributed by atoms with Gasteiger partial charge in [0.2, 0.25) is 0 Å². The van der Waals surface area contributed by atoms with E-state index in [0.29, 0.717) is 11.3 Å². The fourth-order valence-corrected chi connectivity index (χ4v) is 2.02. The van der Waals surface area contributed by atoms with Crippen molar-refractivity contribution >= 4 is 17.8 Å². The van der Waals surface area contributed by atoms with E-state index < -0.39 is 17.6 Å². The number of alkyl halides is 3. The third kappa shape index (κ3) is 6.98. The molecule has 0 aliphatic carbocycles. The van der Waals surface area contributed by atoms with Crippen LogP contribution in [0.25, 0.3) is 0 Å². The number of benzene rings is 2. The number of rotatable bonds is 8. The van der Waals surface area contributed by atoms with E-state index in [-0.39, 0.29) is 19.0 Å². The molecule has 0 unspecified atom stereocenters. The molecule has 144 valence electrons. The Morgan fingerprint density at radius 1 is 1.19 bits per heavy atom. The number of hydrogen-bond donors (Lipinski definition) is 1. The standard InChI is InChI=1S/C18H17F3N2O4/c1-2-22-27-26-12-17(24)23-15-7-3-5-13(9-15)11-25-16-8-4-6-14(10-16)18(19,20)21/h2-10H,11-12H2,1H3,(H,23,24). The number of halogens is 3. The minimum atomic E-state index is -4.43. The quantitative estimate of drug-likeness (QED) is 0.322. The largest absolute Gasteiger partial charge is 0.489 e. The first-order chi connectivity index (χ1) is 12.9. The summed E-state index contributed by atoms with van der Waals surface area (Å²) in [7, 11) is 0. The molecule has 0 aliphatic rings. The van der Waals surface area contributed by atoms with E-state index in [1.54, 1.807) is 31.2 Å². The average Bonchev–Trinajstić information content (AvgIpc) is 2.63. The van der Waals surface area contributed by atoms with Gasteiger partial charge >= 0.3 is 6.18 Å². The highest BCUT2D eigenvalue weighted by molar-refractivity contribution is 5.91. The van der Waals surface area contributed by atoms with Crippen molar-refractivity contribution in [2.45, 2.75) is 19.7 Å². The molecular formula is C18H17F3N2O4. The Kier molecular flexibility index (Phi) is 7.18. The Morgan fingerprint density at radius 2 is 1.96 bits per heavy atom. The van der Waals surface area contributed by atoms with E-state index in [9.17, 15) is 18.0 Å². The lowest BCUT2D eigenvalue weighted by molar-refractivity contribution is -0.289. The van der Waals surface area contributed by atoms with E-state index in [1.807, 2.05) is 0 Å². The van der Waals surface area contributed by atoms with Crippen molar-refractivity contribution in [1.82, 2.24) is 0 Å². The summed E-state index contributed by atoms with van der Waals surface area (Å²) in [5.41, 5.74) is 0.362. The van der Waals surface area contributed by atoms with Crippen LogP contribution in [0.3, 0.4) is 0 Å². The summed E-state index contributed by atoms with van der Waals surface area (Å²) < 4.78 is 43.5. The highest BCUT2D eigenvalue weighted by atomic mass is 19.4. The van der Waals surface area contributed by atoms with Gasteiger partial charge < -0.3 is 10.1 Å². The van der Waals surface area contributed by atoms with Gasteiger partial charge in [0.25, 0.3) is 5.91 Å². The van der Waals surface area contributed by atoms with E-state index in [4.69, 9.17) is 4.74 Å². The number of oxime groups is 1. The Bertz CT molecular complexity index is 794. The van der Waals surface area contributed by atoms with Crippen LogP contribution < -0.4 is 10.1 Å². The monoisotopic (exact) mass is 382 g/mol. The molecule has 6 nitrogen and oxygen atoms in total. The summed E-state index contributed by atoms with van der Waals surface area (Å²) in [6, 6.07) is 11.3. The number of anilines is 1. The molecule has 0 atom stereocenters. The van der Waals surface area contributed by atoms with E-state index in [1.165, 1.54) is 18.3 Å². The summed E-state index contributed by atoms with van der Waals surface area (Å²) >= 11 is 0. The van der Waals surface area contributed by atoms with Crippen LogP contribution >= 0.6 is 0 Å². The predicted molar refractivity (Wildman–Crippen MR) is 92.1 cm³/mol. The molecule has 2 aromatic carbocycles. The number of amides is 1. The van der Waals surface area contributed by atoms with Gasteiger partial charge in [0.15, 0.2) is 6.61 Å². The van der Waals surface area contributed by atoms with Gasteiger partial charge in [-0.15, -0.1) is 0 Å². The van der Waals surface area contributed by atoms with Crippen LogP contribution in [-0.2, 0) is 27.5 Å². The molecular weight excluding hydrogens is 365 g/mol. The van der Waals surface area contributed by atoms with Crippen LogP contribution in [0.4, 0.5) is 18.9 Å². The molecule has 0 aliphatic heterocycles. The number of nitrogens with one attached hydrogen (secondary N) is 1. The second-order valence-corrected chi connectivity index (χ2v) is 5.26. The van der Waals surface area contributed by atoms with Gasteiger partial charge in [-0.05, 0) is 42.8 Å². The Labute approximate surface area is 153 Å². The first-order valence-electron chi connectivity index (χ1n) is 7.84. The molecule has 2 aromatic rings. The maximum atomic E-state index is 12.7. The van der Waals surface area contributed by atoms with Crippen LogP contribution in [-0.4, -0.2) is 18.7 Å². The molecule has 0 saturated heterocycles. The third-order valence-corrected chi connectivity index (χ3v) is 3.17. The number of carbonyl (C=O) groups excluding carboxylic acids is 1. The highest BCUT2D eigenvalue weighted by Gasteiger charge is 2.30. The maximum absolute atomic E-state index is 12.7. The second-order valence-electron chi connectivity index (χ2n) is 5.26. The molecule has 0 radical (unpaired) electrons. The first kappa shape index (κ1) is 20.2. The summed E-state index contributed by atoms with van der Waals surface area (Å²) in [4.78, 5) is 20.6. The van der Waals surface area contributed by atoms with Crippen molar-refractivity contribution in [3.63, 3.8) is 0 Å². The predicted octanol–water partition coefficient (Wildman–Crippen LogP) is 4.18. The molecule has 0 heterocycles. The van der Waals surface area contributed by atoms with Crippen molar-refractivity contribution < 1.29 is 32.6 Å². The van der Waals surface area contributed by atoms with Crippen LogP contribution in [0.15, 0.2) is 53.7 Å². The molecule has 0 aromatic heterocycles. The fraction of sp³-hybridized carbons (Fsp3) is 0.222. The normalized spacial score (nSPS) is 11.4. The summed E-state index contributed by atoms with van der Waals surface area (Å²) in [5, 5.41) is 5.91. The molecule has 27 heavy (non-hydrogen) atoms. The van der Waals surface area contributed by atoms with Gasteiger partial charge in [-0.1, -0.05) is 23.4 Å². The lowest BCUT2D eigenvalue weighted by Crippen LogP contribution is -2.18. The smallest absolute Gasteiger partial charge is 0.416 e. The van der Waals surface area contributed by atoms with E-state index in [2.05, 4.69) is 20.3 Å². The average molecular weight is 382 g/mol. The number of hydrogen-bond acceptors (Lipinski definition) is 5. The number of nitrogens with zero attached hydrogens (tertiary/aromatic N) is 1. The van der Waals surface area contributed by atoms with Crippen LogP contribution in [0.2, 0.25) is 0 Å². The fourth-order valence-electron chi connectivity index (χ4n) is 2.02. The maximum Gasteiger partial charge on any atom is 0.416 e. The zero-order chi connectivity index (χ0) is 19.7. The van der Waals surface area contributed by atoms with Crippen LogP contribution in [0.5, 0.6) is 5.75 Å². The van der Waals surface area contributed by atoms with E-state index in [0.717, 1.165) is 12.1 Å². The van der Waals surface area contributed by atoms with Crippen LogP contribution in [0.1, 0.15) is 18.1 Å². The molecule has 1 amide bonds.